The van der Waals surface area contributed by atoms with Gasteiger partial charge in [-0.2, -0.15) is 0 Å². The smallest absolute Gasteiger partial charge is 0.138 e. The van der Waals surface area contributed by atoms with Crippen molar-refractivity contribution in [3.8, 4) is 5.75 Å². The second-order valence-electron chi connectivity index (χ2n) is 5.72. The highest BCUT2D eigenvalue weighted by atomic mass is 35.5. The maximum absolute atomic E-state index is 10.2. The highest BCUT2D eigenvalue weighted by molar-refractivity contribution is 5.85. The third-order valence-electron chi connectivity index (χ3n) is 3.84. The molecule has 0 unspecified atom stereocenters. The number of halogens is 1. The summed E-state index contributed by atoms with van der Waals surface area (Å²) < 4.78 is 5.94. The predicted octanol–water partition coefficient (Wildman–Crippen LogP) is 3.04. The van der Waals surface area contributed by atoms with Crippen molar-refractivity contribution < 1.29 is 9.84 Å². The maximum Gasteiger partial charge on any atom is 0.138 e. The molecule has 0 aliphatic carbocycles. The van der Waals surface area contributed by atoms with Gasteiger partial charge in [-0.25, -0.2) is 0 Å². The first kappa shape index (κ1) is 16.8. The topological polar surface area (TPSA) is 32.7 Å². The summed E-state index contributed by atoms with van der Waals surface area (Å²) in [5.41, 5.74) is 2.43. The van der Waals surface area contributed by atoms with Gasteiger partial charge in [0, 0.05) is 19.6 Å². The summed E-state index contributed by atoms with van der Waals surface area (Å²) in [6, 6.07) is 18.3. The van der Waals surface area contributed by atoms with E-state index in [1.165, 1.54) is 11.1 Å². The van der Waals surface area contributed by atoms with Crippen molar-refractivity contribution in [2.24, 2.45) is 0 Å². The summed E-state index contributed by atoms with van der Waals surface area (Å²) in [5.74, 6) is 0.834. The van der Waals surface area contributed by atoms with Crippen LogP contribution in [-0.2, 0) is 6.54 Å². The van der Waals surface area contributed by atoms with Crippen molar-refractivity contribution in [1.29, 1.82) is 0 Å². The SMILES string of the molecule is Cc1cccc(O[C@@H]2CN(Cc3ccccc3)C[C@H]2O)c1.Cl. The predicted molar refractivity (Wildman–Crippen MR) is 90.6 cm³/mol. The largest absolute Gasteiger partial charge is 0.486 e. The Morgan fingerprint density at radius 1 is 1.09 bits per heavy atom. The van der Waals surface area contributed by atoms with E-state index < -0.39 is 6.10 Å². The molecule has 0 bridgehead atoms. The van der Waals surface area contributed by atoms with Gasteiger partial charge in [0.2, 0.25) is 0 Å². The third-order valence-corrected chi connectivity index (χ3v) is 3.84. The van der Waals surface area contributed by atoms with Crippen LogP contribution >= 0.6 is 12.4 Å². The Balaban J connectivity index is 0.00000176. The fraction of sp³-hybridized carbons (Fsp3) is 0.333. The van der Waals surface area contributed by atoms with Gasteiger partial charge in [-0.15, -0.1) is 12.4 Å². The van der Waals surface area contributed by atoms with E-state index in [9.17, 15) is 5.11 Å². The molecule has 1 N–H and O–H groups in total. The Hall–Kier alpha value is -1.55. The molecule has 22 heavy (non-hydrogen) atoms. The first-order valence-corrected chi connectivity index (χ1v) is 7.38. The molecule has 3 nitrogen and oxygen atoms in total. The average Bonchev–Trinajstić information content (AvgIpc) is 2.80. The van der Waals surface area contributed by atoms with Gasteiger partial charge in [0.15, 0.2) is 0 Å². The molecule has 1 fully saturated rings. The minimum absolute atomic E-state index is 0. The molecule has 3 rings (SSSR count). The monoisotopic (exact) mass is 319 g/mol. The van der Waals surface area contributed by atoms with Crippen molar-refractivity contribution in [1.82, 2.24) is 4.90 Å². The number of aryl methyl sites for hydroxylation is 1. The quantitative estimate of drug-likeness (QED) is 0.940. The molecule has 0 aromatic heterocycles. The number of nitrogens with zero attached hydrogens (tertiary/aromatic N) is 1. The van der Waals surface area contributed by atoms with E-state index >= 15 is 0 Å². The van der Waals surface area contributed by atoms with Crippen LogP contribution in [0.5, 0.6) is 5.75 Å². The number of hydrogen-bond acceptors (Lipinski definition) is 3. The second kappa shape index (κ2) is 7.63. The molecular formula is C18H22ClNO2. The Labute approximate surface area is 137 Å². The van der Waals surface area contributed by atoms with Crippen LogP contribution in [0.3, 0.4) is 0 Å². The first-order chi connectivity index (χ1) is 10.2. The standard InChI is InChI=1S/C18H21NO2.ClH/c1-14-6-5-9-16(10-14)21-18-13-19(12-17(18)20)11-15-7-3-2-4-8-15;/h2-10,17-18,20H,11-13H2,1H3;1H/t17-,18-;/m1./s1. The van der Waals surface area contributed by atoms with Gasteiger partial charge in [-0.05, 0) is 30.2 Å². The molecule has 4 heteroatoms. The Morgan fingerprint density at radius 3 is 2.59 bits per heavy atom. The van der Waals surface area contributed by atoms with Crippen molar-refractivity contribution in [2.45, 2.75) is 25.7 Å². The summed E-state index contributed by atoms with van der Waals surface area (Å²) in [5, 5.41) is 10.2. The van der Waals surface area contributed by atoms with E-state index in [-0.39, 0.29) is 18.5 Å². The summed E-state index contributed by atoms with van der Waals surface area (Å²) in [6.07, 6.45) is -0.593. The number of β-amino-alcohol motifs (C(OH)–C–C–N with tert-alkyl or cyclic N) is 1. The molecule has 2 atom stereocenters. The summed E-state index contributed by atoms with van der Waals surface area (Å²) >= 11 is 0. The molecule has 0 amide bonds. The van der Waals surface area contributed by atoms with Gasteiger partial charge < -0.3 is 9.84 Å². The Bertz CT molecular complexity index is 591. The molecular weight excluding hydrogens is 298 g/mol. The number of hydrogen-bond donors (Lipinski definition) is 1. The first-order valence-electron chi connectivity index (χ1n) is 7.38. The zero-order chi connectivity index (χ0) is 14.7. The minimum Gasteiger partial charge on any atom is -0.486 e. The zero-order valence-corrected chi connectivity index (χ0v) is 13.5. The molecule has 0 radical (unpaired) electrons. The van der Waals surface area contributed by atoms with Crippen LogP contribution in [0.4, 0.5) is 0 Å². The lowest BCUT2D eigenvalue weighted by Gasteiger charge is -2.17. The summed E-state index contributed by atoms with van der Waals surface area (Å²) in [6.45, 7) is 4.31. The zero-order valence-electron chi connectivity index (χ0n) is 12.7. The van der Waals surface area contributed by atoms with Gasteiger partial charge in [0.05, 0.1) is 0 Å². The highest BCUT2D eigenvalue weighted by Gasteiger charge is 2.32. The Morgan fingerprint density at radius 2 is 1.86 bits per heavy atom. The van der Waals surface area contributed by atoms with Crippen molar-refractivity contribution >= 4 is 12.4 Å². The van der Waals surface area contributed by atoms with Crippen molar-refractivity contribution in [3.05, 3.63) is 65.7 Å². The van der Waals surface area contributed by atoms with Gasteiger partial charge >= 0.3 is 0 Å². The molecule has 2 aromatic carbocycles. The van der Waals surface area contributed by atoms with Crippen LogP contribution in [-0.4, -0.2) is 35.3 Å². The van der Waals surface area contributed by atoms with Gasteiger partial charge in [0.1, 0.15) is 18.0 Å². The molecule has 118 valence electrons. The van der Waals surface area contributed by atoms with E-state index in [0.29, 0.717) is 6.54 Å². The van der Waals surface area contributed by atoms with Crippen LogP contribution < -0.4 is 4.74 Å². The van der Waals surface area contributed by atoms with E-state index in [1.807, 2.05) is 49.4 Å². The van der Waals surface area contributed by atoms with Crippen LogP contribution in [0.15, 0.2) is 54.6 Å². The fourth-order valence-corrected chi connectivity index (χ4v) is 2.78. The number of rotatable bonds is 4. The lowest BCUT2D eigenvalue weighted by atomic mass is 10.2. The Kier molecular flexibility index (Phi) is 5.83. The molecule has 1 heterocycles. The van der Waals surface area contributed by atoms with E-state index in [0.717, 1.165) is 18.8 Å². The molecule has 2 aromatic rings. The fourth-order valence-electron chi connectivity index (χ4n) is 2.78. The van der Waals surface area contributed by atoms with Crippen LogP contribution in [0, 0.1) is 6.92 Å². The maximum atomic E-state index is 10.2. The highest BCUT2D eigenvalue weighted by Crippen LogP contribution is 2.21. The minimum atomic E-state index is -0.436. The van der Waals surface area contributed by atoms with E-state index in [1.54, 1.807) is 0 Å². The molecule has 1 aliphatic heterocycles. The van der Waals surface area contributed by atoms with Gasteiger partial charge in [-0.3, -0.25) is 4.90 Å². The van der Waals surface area contributed by atoms with Crippen LogP contribution in [0.1, 0.15) is 11.1 Å². The number of ether oxygens (including phenoxy) is 1. The van der Waals surface area contributed by atoms with Crippen LogP contribution in [0.2, 0.25) is 0 Å². The molecule has 1 saturated heterocycles. The second-order valence-corrected chi connectivity index (χ2v) is 5.72. The third kappa shape index (κ3) is 4.23. The van der Waals surface area contributed by atoms with E-state index in [4.69, 9.17) is 4.74 Å². The lowest BCUT2D eigenvalue weighted by Crippen LogP contribution is -2.29. The number of benzene rings is 2. The summed E-state index contributed by atoms with van der Waals surface area (Å²) in [7, 11) is 0. The summed E-state index contributed by atoms with van der Waals surface area (Å²) in [4.78, 5) is 2.24. The van der Waals surface area contributed by atoms with Gasteiger partial charge in [-0.1, -0.05) is 42.5 Å². The number of aliphatic hydroxyl groups is 1. The average molecular weight is 320 g/mol. The van der Waals surface area contributed by atoms with Gasteiger partial charge in [0.25, 0.3) is 0 Å². The molecule has 0 saturated carbocycles. The molecule has 0 spiro atoms. The molecule has 1 aliphatic rings. The van der Waals surface area contributed by atoms with Crippen molar-refractivity contribution in [3.63, 3.8) is 0 Å². The lowest BCUT2D eigenvalue weighted by molar-refractivity contribution is 0.0736. The number of aliphatic hydroxyl groups excluding tert-OH is 1. The van der Waals surface area contributed by atoms with Crippen LogP contribution in [0.25, 0.3) is 0 Å². The van der Waals surface area contributed by atoms with E-state index in [2.05, 4.69) is 17.0 Å². The van der Waals surface area contributed by atoms with Crippen molar-refractivity contribution in [2.75, 3.05) is 13.1 Å². The number of likely N-dealkylation sites (tertiary alicyclic amines) is 1. The normalized spacial score (nSPS) is 21.4.